The molecule has 1 saturated carbocycles. The lowest BCUT2D eigenvalue weighted by molar-refractivity contribution is 0.373. The summed E-state index contributed by atoms with van der Waals surface area (Å²) in [5.41, 5.74) is 0.298. The SMILES string of the molecule is O=c1[nH]ncc(NCC2CCCCC2)c1Cl. The van der Waals surface area contributed by atoms with E-state index in [0.29, 0.717) is 11.6 Å². The molecule has 1 fully saturated rings. The molecule has 1 aromatic rings. The quantitative estimate of drug-likeness (QED) is 0.855. The third kappa shape index (κ3) is 2.76. The molecule has 2 N–H and O–H groups in total. The van der Waals surface area contributed by atoms with E-state index < -0.39 is 0 Å². The highest BCUT2D eigenvalue weighted by Crippen LogP contribution is 2.24. The van der Waals surface area contributed by atoms with Gasteiger partial charge in [-0.3, -0.25) is 4.79 Å². The fourth-order valence-corrected chi connectivity index (χ4v) is 2.31. The van der Waals surface area contributed by atoms with Crippen molar-refractivity contribution in [2.24, 2.45) is 5.92 Å². The maximum atomic E-state index is 11.2. The standard InChI is InChI=1S/C11H16ClN3O/c12-10-9(7-14-15-11(10)16)13-6-8-4-2-1-3-5-8/h7-8H,1-6H2,(H2,13,15,16). The fraction of sp³-hybridized carbons (Fsp3) is 0.636. The zero-order valence-electron chi connectivity index (χ0n) is 9.13. The normalized spacial score (nSPS) is 17.3. The second kappa shape index (κ2) is 5.34. The molecule has 0 saturated heterocycles. The molecule has 0 atom stereocenters. The summed E-state index contributed by atoms with van der Waals surface area (Å²) in [5, 5.41) is 9.43. The van der Waals surface area contributed by atoms with Gasteiger partial charge in [0.1, 0.15) is 5.02 Å². The zero-order chi connectivity index (χ0) is 11.4. The average molecular weight is 242 g/mol. The zero-order valence-corrected chi connectivity index (χ0v) is 9.89. The second-order valence-corrected chi connectivity index (χ2v) is 4.69. The minimum absolute atomic E-state index is 0.200. The minimum atomic E-state index is -0.338. The smallest absolute Gasteiger partial charge is 0.285 e. The summed E-state index contributed by atoms with van der Waals surface area (Å²) in [7, 11) is 0. The van der Waals surface area contributed by atoms with Crippen molar-refractivity contribution in [3.63, 3.8) is 0 Å². The van der Waals surface area contributed by atoms with Crippen LogP contribution >= 0.6 is 11.6 Å². The van der Waals surface area contributed by atoms with Gasteiger partial charge in [-0.05, 0) is 18.8 Å². The van der Waals surface area contributed by atoms with Gasteiger partial charge in [-0.15, -0.1) is 0 Å². The van der Waals surface area contributed by atoms with Gasteiger partial charge in [0, 0.05) is 6.54 Å². The summed E-state index contributed by atoms with van der Waals surface area (Å²) < 4.78 is 0. The molecule has 1 aliphatic carbocycles. The van der Waals surface area contributed by atoms with Gasteiger partial charge < -0.3 is 5.32 Å². The van der Waals surface area contributed by atoms with Crippen LogP contribution in [-0.4, -0.2) is 16.7 Å². The molecule has 1 aromatic heterocycles. The van der Waals surface area contributed by atoms with Crippen LogP contribution in [-0.2, 0) is 0 Å². The van der Waals surface area contributed by atoms with E-state index in [-0.39, 0.29) is 10.6 Å². The highest BCUT2D eigenvalue weighted by molar-refractivity contribution is 6.32. The number of aromatic amines is 1. The third-order valence-electron chi connectivity index (χ3n) is 3.10. The summed E-state index contributed by atoms with van der Waals surface area (Å²) in [6.45, 7) is 0.880. The van der Waals surface area contributed by atoms with Crippen LogP contribution in [0.5, 0.6) is 0 Å². The predicted molar refractivity (Wildman–Crippen MR) is 64.9 cm³/mol. The average Bonchev–Trinajstić information content (AvgIpc) is 2.32. The number of halogens is 1. The van der Waals surface area contributed by atoms with E-state index in [9.17, 15) is 4.79 Å². The Morgan fingerprint density at radius 1 is 1.44 bits per heavy atom. The molecule has 0 unspecified atom stereocenters. The van der Waals surface area contributed by atoms with Crippen LogP contribution in [0.15, 0.2) is 11.0 Å². The molecule has 0 aromatic carbocycles. The first kappa shape index (κ1) is 11.5. The van der Waals surface area contributed by atoms with E-state index in [0.717, 1.165) is 6.54 Å². The van der Waals surface area contributed by atoms with Crippen LogP contribution < -0.4 is 10.9 Å². The highest BCUT2D eigenvalue weighted by atomic mass is 35.5. The number of anilines is 1. The molecule has 88 valence electrons. The molecular formula is C11H16ClN3O. The number of H-pyrrole nitrogens is 1. The van der Waals surface area contributed by atoms with Gasteiger partial charge in [0.2, 0.25) is 0 Å². The van der Waals surface area contributed by atoms with Crippen molar-refractivity contribution in [3.05, 3.63) is 21.6 Å². The van der Waals surface area contributed by atoms with Crippen molar-refractivity contribution in [1.29, 1.82) is 0 Å². The van der Waals surface area contributed by atoms with Gasteiger partial charge in [0.15, 0.2) is 0 Å². The predicted octanol–water partition coefficient (Wildman–Crippen LogP) is 2.42. The van der Waals surface area contributed by atoms with Crippen molar-refractivity contribution < 1.29 is 0 Å². The molecule has 4 nitrogen and oxygen atoms in total. The molecule has 16 heavy (non-hydrogen) atoms. The Bertz CT molecular complexity index is 398. The first-order valence-electron chi connectivity index (χ1n) is 5.74. The monoisotopic (exact) mass is 241 g/mol. The molecule has 0 spiro atoms. The molecule has 5 heteroatoms. The van der Waals surface area contributed by atoms with E-state index in [1.807, 2.05) is 0 Å². The maximum absolute atomic E-state index is 11.2. The largest absolute Gasteiger partial charge is 0.382 e. The van der Waals surface area contributed by atoms with Crippen LogP contribution in [0.25, 0.3) is 0 Å². The summed E-state index contributed by atoms with van der Waals surface area (Å²) in [4.78, 5) is 11.2. The Kier molecular flexibility index (Phi) is 3.83. The van der Waals surface area contributed by atoms with Gasteiger partial charge in [-0.2, -0.15) is 5.10 Å². The van der Waals surface area contributed by atoms with Crippen LogP contribution in [0.1, 0.15) is 32.1 Å². The van der Waals surface area contributed by atoms with E-state index in [2.05, 4.69) is 15.5 Å². The summed E-state index contributed by atoms with van der Waals surface area (Å²) in [6.07, 6.45) is 8.07. The Morgan fingerprint density at radius 3 is 2.94 bits per heavy atom. The molecule has 2 rings (SSSR count). The van der Waals surface area contributed by atoms with E-state index in [1.165, 1.54) is 32.1 Å². The molecule has 1 aliphatic rings. The van der Waals surface area contributed by atoms with Crippen LogP contribution in [0.4, 0.5) is 5.69 Å². The van der Waals surface area contributed by atoms with Gasteiger partial charge in [0.25, 0.3) is 5.56 Å². The fourth-order valence-electron chi connectivity index (χ4n) is 2.15. The van der Waals surface area contributed by atoms with E-state index >= 15 is 0 Å². The van der Waals surface area contributed by atoms with Gasteiger partial charge in [-0.1, -0.05) is 30.9 Å². The lowest BCUT2D eigenvalue weighted by Crippen LogP contribution is -2.19. The van der Waals surface area contributed by atoms with Gasteiger partial charge in [0.05, 0.1) is 11.9 Å². The molecule has 0 aliphatic heterocycles. The molecule has 0 amide bonds. The molecule has 0 radical (unpaired) electrons. The number of rotatable bonds is 3. The number of nitrogens with one attached hydrogen (secondary N) is 2. The minimum Gasteiger partial charge on any atom is -0.382 e. The maximum Gasteiger partial charge on any atom is 0.285 e. The van der Waals surface area contributed by atoms with Crippen molar-refractivity contribution in [1.82, 2.24) is 10.2 Å². The number of hydrogen-bond donors (Lipinski definition) is 2. The van der Waals surface area contributed by atoms with Crippen LogP contribution in [0.3, 0.4) is 0 Å². The van der Waals surface area contributed by atoms with Crippen molar-refractivity contribution in [3.8, 4) is 0 Å². The summed E-state index contributed by atoms with van der Waals surface area (Å²) in [5.74, 6) is 0.698. The van der Waals surface area contributed by atoms with Crippen molar-refractivity contribution in [2.45, 2.75) is 32.1 Å². The van der Waals surface area contributed by atoms with Crippen LogP contribution in [0, 0.1) is 5.92 Å². The number of hydrogen-bond acceptors (Lipinski definition) is 3. The third-order valence-corrected chi connectivity index (χ3v) is 3.48. The Balaban J connectivity index is 1.93. The first-order valence-corrected chi connectivity index (χ1v) is 6.12. The lowest BCUT2D eigenvalue weighted by atomic mass is 9.89. The molecular weight excluding hydrogens is 226 g/mol. The highest BCUT2D eigenvalue weighted by Gasteiger charge is 2.14. The Morgan fingerprint density at radius 2 is 2.19 bits per heavy atom. The lowest BCUT2D eigenvalue weighted by Gasteiger charge is -2.22. The summed E-state index contributed by atoms with van der Waals surface area (Å²) >= 11 is 5.86. The Hall–Kier alpha value is -1.03. The van der Waals surface area contributed by atoms with Gasteiger partial charge >= 0.3 is 0 Å². The first-order chi connectivity index (χ1) is 7.77. The Labute approximate surface area is 99.4 Å². The molecule has 1 heterocycles. The van der Waals surface area contributed by atoms with E-state index in [4.69, 9.17) is 11.6 Å². The number of nitrogens with zero attached hydrogens (tertiary/aromatic N) is 1. The van der Waals surface area contributed by atoms with E-state index in [1.54, 1.807) is 6.20 Å². The van der Waals surface area contributed by atoms with Crippen molar-refractivity contribution in [2.75, 3.05) is 11.9 Å². The van der Waals surface area contributed by atoms with Crippen molar-refractivity contribution >= 4 is 17.3 Å². The van der Waals surface area contributed by atoms with Gasteiger partial charge in [-0.25, -0.2) is 5.10 Å². The van der Waals surface area contributed by atoms with Crippen LogP contribution in [0.2, 0.25) is 5.02 Å². The second-order valence-electron chi connectivity index (χ2n) is 4.31. The molecule has 0 bridgehead atoms. The summed E-state index contributed by atoms with van der Waals surface area (Å²) in [6, 6.07) is 0. The topological polar surface area (TPSA) is 57.8 Å². The number of aromatic nitrogens is 2.